The molecule has 5 rings (SSSR count). The van der Waals surface area contributed by atoms with Gasteiger partial charge in [0.05, 0.1) is 97.2 Å². The van der Waals surface area contributed by atoms with Gasteiger partial charge in [0, 0.05) is 67.7 Å². The highest BCUT2D eigenvalue weighted by Gasteiger charge is 2.26. The number of carbonyl (C=O) groups is 2. The molecule has 362 valence electrons. The number of nitrogens with one attached hydrogen (secondary N) is 3. The molecule has 0 aliphatic heterocycles. The summed E-state index contributed by atoms with van der Waals surface area (Å²) in [6.45, 7) is 10.9. The molecule has 0 atom stereocenters. The molecule has 0 aliphatic carbocycles. The van der Waals surface area contributed by atoms with Gasteiger partial charge in [-0.2, -0.15) is 4.98 Å². The van der Waals surface area contributed by atoms with Crippen molar-refractivity contribution < 1.29 is 57.0 Å². The Morgan fingerprint density at radius 3 is 2.00 bits per heavy atom. The summed E-state index contributed by atoms with van der Waals surface area (Å²) in [5.74, 6) is 8.43. The zero-order valence-corrected chi connectivity index (χ0v) is 39.3. The number of benzene rings is 4. The van der Waals surface area contributed by atoms with Crippen molar-refractivity contribution in [2.24, 2.45) is 5.84 Å². The molecule has 5 N–H and O–H groups in total. The van der Waals surface area contributed by atoms with E-state index in [0.29, 0.717) is 105 Å². The number of hydrazine groups is 1. The third-order valence-electron chi connectivity index (χ3n) is 9.84. The van der Waals surface area contributed by atoms with E-state index < -0.39 is 17.4 Å². The van der Waals surface area contributed by atoms with E-state index in [1.165, 1.54) is 7.11 Å². The first-order valence-electron chi connectivity index (χ1n) is 21.7. The summed E-state index contributed by atoms with van der Waals surface area (Å²) in [5, 5.41) is 11.2. The first kappa shape index (κ1) is 51.7. The number of hydrogen-bond donors (Lipinski definition) is 4. The summed E-state index contributed by atoms with van der Waals surface area (Å²) < 4.78 is 55.4. The van der Waals surface area contributed by atoms with E-state index in [0.717, 1.165) is 10.6 Å². The van der Waals surface area contributed by atoms with Crippen molar-refractivity contribution in [3.05, 3.63) is 90.1 Å². The monoisotopic (exact) mass is 929 g/mol. The van der Waals surface area contributed by atoms with Crippen LogP contribution in [0.1, 0.15) is 36.7 Å². The second-order valence-corrected chi connectivity index (χ2v) is 15.7. The van der Waals surface area contributed by atoms with Crippen molar-refractivity contribution in [2.75, 3.05) is 123 Å². The smallest absolute Gasteiger partial charge is 0.340 e. The Bertz CT molecular complexity index is 2350. The lowest BCUT2D eigenvalue weighted by Gasteiger charge is -2.25. The summed E-state index contributed by atoms with van der Waals surface area (Å²) in [4.78, 5) is 36.5. The number of fused-ring (bicyclic) bond motifs is 1. The molecule has 0 aliphatic rings. The van der Waals surface area contributed by atoms with Crippen LogP contribution in [0.25, 0.3) is 10.8 Å². The minimum atomic E-state index is -0.680. The lowest BCUT2D eigenvalue weighted by Crippen LogP contribution is -2.41. The number of urea groups is 1. The molecule has 3 amide bonds. The van der Waals surface area contributed by atoms with Crippen LogP contribution in [0.2, 0.25) is 0 Å². The summed E-state index contributed by atoms with van der Waals surface area (Å²) in [6, 6.07) is 20.6. The standard InChI is InChI=1S/C48H63N7O12/c1-48(2,3)33-28-39(45(56)50-16-17-62-22-23-63-20-18-58-4)44(61-7)40(29-33)53-47(57)55(49)41-12-13-42(38-11-9-8-10-37(38)41)67-43-14-15-51-46(54-43)52-34-30-35(60-6)32-36(31-34)66-27-26-65-25-24-64-21-19-59-5/h8-15,28-32H,16-27,49H2,1-7H3,(H,50,56)(H,53,57)(H,51,52,54). The molecular formula is C48H63N7O12. The minimum absolute atomic E-state index is 0.171. The Morgan fingerprint density at radius 2 is 1.34 bits per heavy atom. The van der Waals surface area contributed by atoms with Crippen molar-refractivity contribution in [1.82, 2.24) is 15.3 Å². The second kappa shape index (κ2) is 26.7. The number of methoxy groups -OCH3 is 4. The average Bonchev–Trinajstić information content (AvgIpc) is 3.32. The Labute approximate surface area is 391 Å². The van der Waals surface area contributed by atoms with E-state index in [1.807, 2.05) is 45.0 Å². The van der Waals surface area contributed by atoms with Crippen molar-refractivity contribution in [1.29, 1.82) is 0 Å². The van der Waals surface area contributed by atoms with Crippen molar-refractivity contribution in [3.63, 3.8) is 0 Å². The SMILES string of the molecule is COCCOCCOCCNC(=O)c1cc(C(C)(C)C)cc(NC(=O)N(N)c2ccc(Oc3ccnc(Nc4cc(OC)cc(OCCOCCOCCOC)c4)n3)c3ccccc23)c1OC. The number of amides is 3. The third kappa shape index (κ3) is 15.9. The van der Waals surface area contributed by atoms with Crippen LogP contribution in [0.15, 0.2) is 79.0 Å². The van der Waals surface area contributed by atoms with Crippen LogP contribution in [0.3, 0.4) is 0 Å². The predicted molar refractivity (Wildman–Crippen MR) is 255 cm³/mol. The minimum Gasteiger partial charge on any atom is -0.497 e. The largest absolute Gasteiger partial charge is 0.497 e. The maximum atomic E-state index is 14.0. The van der Waals surface area contributed by atoms with E-state index in [-0.39, 0.29) is 42.0 Å². The Kier molecular flexibility index (Phi) is 20.6. The van der Waals surface area contributed by atoms with Gasteiger partial charge in [0.1, 0.15) is 23.9 Å². The molecule has 0 saturated heterocycles. The zero-order valence-electron chi connectivity index (χ0n) is 39.3. The van der Waals surface area contributed by atoms with Gasteiger partial charge in [0.15, 0.2) is 5.75 Å². The van der Waals surface area contributed by atoms with Gasteiger partial charge in [-0.1, -0.05) is 45.0 Å². The van der Waals surface area contributed by atoms with Crippen molar-refractivity contribution >= 4 is 45.7 Å². The van der Waals surface area contributed by atoms with Gasteiger partial charge >= 0.3 is 6.03 Å². The number of hydrogen-bond acceptors (Lipinski definition) is 16. The van der Waals surface area contributed by atoms with E-state index in [4.69, 9.17) is 53.2 Å². The fraction of sp³-hybridized carbons (Fsp3) is 0.417. The van der Waals surface area contributed by atoms with Crippen LogP contribution in [-0.2, 0) is 33.8 Å². The van der Waals surface area contributed by atoms with E-state index >= 15 is 0 Å². The number of ether oxygens (including phenoxy) is 10. The molecular weight excluding hydrogens is 867 g/mol. The van der Waals surface area contributed by atoms with Gasteiger partial charge in [-0.25, -0.2) is 20.6 Å². The van der Waals surface area contributed by atoms with Crippen molar-refractivity contribution in [3.8, 4) is 28.9 Å². The zero-order chi connectivity index (χ0) is 48.0. The molecule has 67 heavy (non-hydrogen) atoms. The molecule has 0 spiro atoms. The second-order valence-electron chi connectivity index (χ2n) is 15.7. The fourth-order valence-electron chi connectivity index (χ4n) is 6.41. The molecule has 0 saturated carbocycles. The van der Waals surface area contributed by atoms with Crippen LogP contribution in [0, 0.1) is 0 Å². The maximum absolute atomic E-state index is 14.0. The molecule has 0 bridgehead atoms. The normalized spacial score (nSPS) is 11.3. The van der Waals surface area contributed by atoms with Gasteiger partial charge in [0.25, 0.3) is 5.91 Å². The van der Waals surface area contributed by atoms with Gasteiger partial charge in [-0.3, -0.25) is 4.79 Å². The average molecular weight is 930 g/mol. The van der Waals surface area contributed by atoms with E-state index in [2.05, 4.69) is 25.9 Å². The topological polar surface area (TPSA) is 218 Å². The molecule has 5 aromatic rings. The van der Waals surface area contributed by atoms with Crippen LogP contribution >= 0.6 is 0 Å². The first-order valence-corrected chi connectivity index (χ1v) is 21.7. The van der Waals surface area contributed by atoms with Crippen LogP contribution < -0.4 is 45.7 Å². The quantitative estimate of drug-likeness (QED) is 0.0174. The highest BCUT2D eigenvalue weighted by atomic mass is 16.6. The molecule has 1 heterocycles. The Hall–Kier alpha value is -6.32. The summed E-state index contributed by atoms with van der Waals surface area (Å²) in [6.07, 6.45) is 1.57. The van der Waals surface area contributed by atoms with Crippen LogP contribution in [0.4, 0.5) is 27.8 Å². The molecule has 1 aromatic heterocycles. The number of nitrogens with two attached hydrogens (primary N) is 1. The number of anilines is 4. The summed E-state index contributed by atoms with van der Waals surface area (Å²) in [5.41, 5.74) is 1.89. The number of nitrogens with zero attached hydrogens (tertiary/aromatic N) is 3. The number of carbonyl (C=O) groups excluding carboxylic acids is 2. The summed E-state index contributed by atoms with van der Waals surface area (Å²) >= 11 is 0. The summed E-state index contributed by atoms with van der Waals surface area (Å²) in [7, 11) is 6.23. The number of rotatable bonds is 28. The molecule has 19 nitrogen and oxygen atoms in total. The lowest BCUT2D eigenvalue weighted by atomic mass is 9.85. The lowest BCUT2D eigenvalue weighted by molar-refractivity contribution is 0.0179. The predicted octanol–water partition coefficient (Wildman–Crippen LogP) is 6.86. The molecule has 0 radical (unpaired) electrons. The van der Waals surface area contributed by atoms with Gasteiger partial charge in [-0.05, 0) is 35.2 Å². The Morgan fingerprint density at radius 1 is 0.701 bits per heavy atom. The van der Waals surface area contributed by atoms with E-state index in [9.17, 15) is 9.59 Å². The van der Waals surface area contributed by atoms with Gasteiger partial charge in [0.2, 0.25) is 11.8 Å². The van der Waals surface area contributed by atoms with E-state index in [1.54, 1.807) is 76.1 Å². The molecule has 19 heteroatoms. The first-order chi connectivity index (χ1) is 32.4. The van der Waals surface area contributed by atoms with Crippen LogP contribution in [-0.4, -0.2) is 130 Å². The number of aromatic nitrogens is 2. The van der Waals surface area contributed by atoms with Crippen LogP contribution in [0.5, 0.6) is 28.9 Å². The third-order valence-corrected chi connectivity index (χ3v) is 9.84. The van der Waals surface area contributed by atoms with Gasteiger partial charge in [-0.15, -0.1) is 0 Å². The van der Waals surface area contributed by atoms with Gasteiger partial charge < -0.3 is 63.3 Å². The maximum Gasteiger partial charge on any atom is 0.340 e. The molecule has 0 unspecified atom stereocenters. The highest BCUT2D eigenvalue weighted by Crippen LogP contribution is 2.38. The highest BCUT2D eigenvalue weighted by molar-refractivity contribution is 6.10. The van der Waals surface area contributed by atoms with Crippen molar-refractivity contribution in [2.45, 2.75) is 26.2 Å². The fourth-order valence-corrected chi connectivity index (χ4v) is 6.41. The molecule has 4 aromatic carbocycles. The molecule has 0 fully saturated rings. The Balaban J connectivity index is 1.26.